The maximum Gasteiger partial charge on any atom is 0.341 e. The van der Waals surface area contributed by atoms with Crippen LogP contribution in [0.3, 0.4) is 0 Å². The van der Waals surface area contributed by atoms with E-state index in [0.29, 0.717) is 11.3 Å². The van der Waals surface area contributed by atoms with E-state index in [2.05, 4.69) is 0 Å². The van der Waals surface area contributed by atoms with E-state index in [1.165, 1.54) is 6.08 Å². The van der Waals surface area contributed by atoms with Gasteiger partial charge in [0.25, 0.3) is 0 Å². The molecule has 0 atom stereocenters. The van der Waals surface area contributed by atoms with Gasteiger partial charge in [0.1, 0.15) is 5.75 Å². The van der Waals surface area contributed by atoms with Gasteiger partial charge in [-0.25, -0.2) is 4.79 Å². The highest BCUT2D eigenvalue weighted by molar-refractivity contribution is 6.06. The minimum atomic E-state index is -1.02. The number of carboxylic acids is 1. The Morgan fingerprint density at radius 1 is 1.05 bits per heavy atom. The van der Waals surface area contributed by atoms with Crippen molar-refractivity contribution in [1.29, 1.82) is 0 Å². The number of ketones is 1. The molecule has 22 heavy (non-hydrogen) atoms. The molecule has 0 saturated carbocycles. The third-order valence-corrected chi connectivity index (χ3v) is 3.01. The van der Waals surface area contributed by atoms with Crippen LogP contribution in [-0.4, -0.2) is 23.5 Å². The smallest absolute Gasteiger partial charge is 0.341 e. The Balaban J connectivity index is 1.99. The molecule has 4 heteroatoms. The average Bonchev–Trinajstić information content (AvgIpc) is 2.52. The highest BCUT2D eigenvalue weighted by Crippen LogP contribution is 2.14. The second-order valence-corrected chi connectivity index (χ2v) is 4.82. The number of benzene rings is 2. The number of carboxylic acid groups (broad SMARTS) is 1. The summed E-state index contributed by atoms with van der Waals surface area (Å²) in [5.74, 6) is -0.608. The topological polar surface area (TPSA) is 63.6 Å². The first-order chi connectivity index (χ1) is 10.5. The molecule has 0 unspecified atom stereocenters. The summed E-state index contributed by atoms with van der Waals surface area (Å²) in [6.07, 6.45) is 3.22. The number of aliphatic carboxylic acids is 1. The number of allylic oxidation sites excluding steroid dienone is 1. The highest BCUT2D eigenvalue weighted by atomic mass is 16.5. The molecule has 2 aromatic rings. The molecule has 2 aromatic carbocycles. The van der Waals surface area contributed by atoms with Crippen LogP contribution in [-0.2, 0) is 4.79 Å². The molecule has 0 saturated heterocycles. The van der Waals surface area contributed by atoms with Crippen LogP contribution in [0.1, 0.15) is 21.5 Å². The lowest BCUT2D eigenvalue weighted by atomic mass is 10.1. The molecule has 112 valence electrons. The van der Waals surface area contributed by atoms with E-state index in [1.54, 1.807) is 42.5 Å². The van der Waals surface area contributed by atoms with Crippen molar-refractivity contribution in [2.24, 2.45) is 0 Å². The molecule has 0 heterocycles. The number of hydrogen-bond donors (Lipinski definition) is 1. The van der Waals surface area contributed by atoms with Gasteiger partial charge in [-0.1, -0.05) is 48.0 Å². The standard InChI is InChI=1S/C18H16O4/c1-13-2-7-15(8-3-13)17(19)11-6-14-4-9-16(10-5-14)22-12-18(20)21/h2-11H,12H2,1H3,(H,20,21)/b11-6+. The fourth-order valence-electron chi connectivity index (χ4n) is 1.81. The van der Waals surface area contributed by atoms with Crippen molar-refractivity contribution in [1.82, 2.24) is 0 Å². The SMILES string of the molecule is Cc1ccc(C(=O)/C=C/c2ccc(OCC(=O)O)cc2)cc1. The van der Waals surface area contributed by atoms with Gasteiger partial charge in [0.2, 0.25) is 0 Å². The van der Waals surface area contributed by atoms with Crippen LogP contribution >= 0.6 is 0 Å². The molecule has 0 radical (unpaired) electrons. The third-order valence-electron chi connectivity index (χ3n) is 3.01. The van der Waals surface area contributed by atoms with Crippen molar-refractivity contribution in [2.75, 3.05) is 6.61 Å². The van der Waals surface area contributed by atoms with Gasteiger partial charge in [-0.05, 0) is 30.7 Å². The quantitative estimate of drug-likeness (QED) is 0.656. The predicted molar refractivity (Wildman–Crippen MR) is 84.1 cm³/mol. The molecule has 0 aromatic heterocycles. The monoisotopic (exact) mass is 296 g/mol. The molecule has 0 aliphatic carbocycles. The van der Waals surface area contributed by atoms with Crippen molar-refractivity contribution < 1.29 is 19.4 Å². The number of carbonyl (C=O) groups is 2. The van der Waals surface area contributed by atoms with Crippen LogP contribution < -0.4 is 4.74 Å². The summed E-state index contributed by atoms with van der Waals surface area (Å²) in [7, 11) is 0. The van der Waals surface area contributed by atoms with E-state index in [-0.39, 0.29) is 12.4 Å². The Bertz CT molecular complexity index is 682. The number of hydrogen-bond acceptors (Lipinski definition) is 3. The molecule has 4 nitrogen and oxygen atoms in total. The first-order valence-electron chi connectivity index (χ1n) is 6.78. The van der Waals surface area contributed by atoms with E-state index < -0.39 is 5.97 Å². The molecule has 1 N–H and O–H groups in total. The Hall–Kier alpha value is -2.88. The Morgan fingerprint density at radius 2 is 1.68 bits per heavy atom. The maximum absolute atomic E-state index is 12.0. The van der Waals surface area contributed by atoms with Crippen molar-refractivity contribution in [3.63, 3.8) is 0 Å². The summed E-state index contributed by atoms with van der Waals surface area (Å²) in [5, 5.41) is 8.53. The van der Waals surface area contributed by atoms with E-state index in [4.69, 9.17) is 9.84 Å². The van der Waals surface area contributed by atoms with Crippen molar-refractivity contribution in [2.45, 2.75) is 6.92 Å². The Morgan fingerprint density at radius 3 is 2.27 bits per heavy atom. The summed E-state index contributed by atoms with van der Waals surface area (Å²) in [4.78, 5) is 22.4. The molecule has 0 aliphatic rings. The largest absolute Gasteiger partial charge is 0.482 e. The van der Waals surface area contributed by atoms with Crippen LogP contribution in [0, 0.1) is 6.92 Å². The number of ether oxygens (including phenoxy) is 1. The molecular weight excluding hydrogens is 280 g/mol. The van der Waals surface area contributed by atoms with Crippen LogP contribution in [0.25, 0.3) is 6.08 Å². The zero-order valence-corrected chi connectivity index (χ0v) is 12.2. The zero-order valence-electron chi connectivity index (χ0n) is 12.2. The molecule has 0 fully saturated rings. The molecular formula is C18H16O4. The first-order valence-corrected chi connectivity index (χ1v) is 6.78. The molecule has 0 amide bonds. The summed E-state index contributed by atoms with van der Waals surface area (Å²) in [6, 6.07) is 14.2. The molecule has 2 rings (SSSR count). The van der Waals surface area contributed by atoms with E-state index in [9.17, 15) is 9.59 Å². The van der Waals surface area contributed by atoms with Crippen LogP contribution in [0.15, 0.2) is 54.6 Å². The second kappa shape index (κ2) is 7.22. The summed E-state index contributed by atoms with van der Waals surface area (Å²) < 4.78 is 5.04. The lowest BCUT2D eigenvalue weighted by molar-refractivity contribution is -0.139. The summed E-state index contributed by atoms with van der Waals surface area (Å²) in [5.41, 5.74) is 2.59. The fraction of sp³-hybridized carbons (Fsp3) is 0.111. The third kappa shape index (κ3) is 4.59. The van der Waals surface area contributed by atoms with Gasteiger partial charge >= 0.3 is 5.97 Å². The summed E-state index contributed by atoms with van der Waals surface area (Å²) in [6.45, 7) is 1.60. The van der Waals surface area contributed by atoms with E-state index in [1.807, 2.05) is 19.1 Å². The maximum atomic E-state index is 12.0. The van der Waals surface area contributed by atoms with Crippen LogP contribution in [0.4, 0.5) is 0 Å². The van der Waals surface area contributed by atoms with Gasteiger partial charge in [0, 0.05) is 5.56 Å². The zero-order chi connectivity index (χ0) is 15.9. The lowest BCUT2D eigenvalue weighted by Crippen LogP contribution is -2.09. The van der Waals surface area contributed by atoms with E-state index >= 15 is 0 Å². The Kier molecular flexibility index (Phi) is 5.09. The fourth-order valence-corrected chi connectivity index (χ4v) is 1.81. The van der Waals surface area contributed by atoms with E-state index in [0.717, 1.165) is 11.1 Å². The van der Waals surface area contributed by atoms with Crippen molar-refractivity contribution in [3.8, 4) is 5.75 Å². The minimum Gasteiger partial charge on any atom is -0.482 e. The van der Waals surface area contributed by atoms with Crippen LogP contribution in [0.5, 0.6) is 5.75 Å². The minimum absolute atomic E-state index is 0.0637. The van der Waals surface area contributed by atoms with Gasteiger partial charge in [0.15, 0.2) is 12.4 Å². The molecule has 0 bridgehead atoms. The lowest BCUT2D eigenvalue weighted by Gasteiger charge is -2.02. The van der Waals surface area contributed by atoms with Gasteiger partial charge in [-0.15, -0.1) is 0 Å². The number of aryl methyl sites for hydroxylation is 1. The highest BCUT2D eigenvalue weighted by Gasteiger charge is 2.01. The summed E-state index contributed by atoms with van der Waals surface area (Å²) >= 11 is 0. The first kappa shape index (κ1) is 15.5. The van der Waals surface area contributed by atoms with Crippen LogP contribution in [0.2, 0.25) is 0 Å². The van der Waals surface area contributed by atoms with Gasteiger partial charge in [-0.3, -0.25) is 4.79 Å². The average molecular weight is 296 g/mol. The number of carbonyl (C=O) groups excluding carboxylic acids is 1. The second-order valence-electron chi connectivity index (χ2n) is 4.82. The predicted octanol–water partition coefficient (Wildman–Crippen LogP) is 3.35. The molecule has 0 aliphatic heterocycles. The van der Waals surface area contributed by atoms with Crippen molar-refractivity contribution >= 4 is 17.8 Å². The molecule has 0 spiro atoms. The van der Waals surface area contributed by atoms with Gasteiger partial charge in [-0.2, -0.15) is 0 Å². The van der Waals surface area contributed by atoms with Gasteiger partial charge in [0.05, 0.1) is 0 Å². The van der Waals surface area contributed by atoms with Crippen molar-refractivity contribution in [3.05, 3.63) is 71.3 Å². The Labute approximate surface area is 128 Å². The van der Waals surface area contributed by atoms with Gasteiger partial charge < -0.3 is 9.84 Å². The normalized spacial score (nSPS) is 10.6. The number of rotatable bonds is 6.